The SMILES string of the molecule is Cc1cccc(-c2nc(N)c(C)c(=O)[nH]2)c1. The lowest BCUT2D eigenvalue weighted by Gasteiger charge is -2.04. The molecule has 3 N–H and O–H groups in total. The van der Waals surface area contributed by atoms with Crippen LogP contribution < -0.4 is 11.3 Å². The highest BCUT2D eigenvalue weighted by Crippen LogP contribution is 2.16. The zero-order chi connectivity index (χ0) is 11.7. The van der Waals surface area contributed by atoms with Gasteiger partial charge in [0, 0.05) is 5.56 Å². The molecule has 0 spiro atoms. The maximum atomic E-state index is 11.5. The zero-order valence-corrected chi connectivity index (χ0v) is 9.24. The Kier molecular flexibility index (Phi) is 2.48. The molecule has 2 aromatic rings. The van der Waals surface area contributed by atoms with E-state index in [2.05, 4.69) is 9.97 Å². The molecule has 1 aromatic carbocycles. The molecular formula is C12H13N3O. The van der Waals surface area contributed by atoms with Gasteiger partial charge >= 0.3 is 0 Å². The molecule has 2 rings (SSSR count). The van der Waals surface area contributed by atoms with E-state index in [1.807, 2.05) is 31.2 Å². The molecule has 4 heteroatoms. The maximum absolute atomic E-state index is 11.5. The Balaban J connectivity index is 2.61. The number of hydrogen-bond donors (Lipinski definition) is 2. The summed E-state index contributed by atoms with van der Waals surface area (Å²) >= 11 is 0. The minimum absolute atomic E-state index is 0.191. The highest BCUT2D eigenvalue weighted by Gasteiger charge is 2.06. The zero-order valence-electron chi connectivity index (χ0n) is 9.24. The molecule has 0 aliphatic carbocycles. The fraction of sp³-hybridized carbons (Fsp3) is 0.167. The summed E-state index contributed by atoms with van der Waals surface area (Å²) in [5, 5.41) is 0. The van der Waals surface area contributed by atoms with Crippen molar-refractivity contribution in [2.45, 2.75) is 13.8 Å². The van der Waals surface area contributed by atoms with Crippen LogP contribution in [0.2, 0.25) is 0 Å². The summed E-state index contributed by atoms with van der Waals surface area (Å²) < 4.78 is 0. The molecule has 0 saturated heterocycles. The van der Waals surface area contributed by atoms with Crippen LogP contribution in [0.5, 0.6) is 0 Å². The molecule has 1 aromatic heterocycles. The third-order valence-corrected chi connectivity index (χ3v) is 2.48. The topological polar surface area (TPSA) is 71.8 Å². The van der Waals surface area contributed by atoms with Crippen LogP contribution in [0, 0.1) is 13.8 Å². The lowest BCUT2D eigenvalue weighted by molar-refractivity contribution is 1.09. The monoisotopic (exact) mass is 215 g/mol. The number of nitrogen functional groups attached to an aromatic ring is 1. The normalized spacial score (nSPS) is 10.4. The van der Waals surface area contributed by atoms with Crippen molar-refractivity contribution in [3.8, 4) is 11.4 Å². The van der Waals surface area contributed by atoms with Crippen LogP contribution in [0.25, 0.3) is 11.4 Å². The first-order valence-electron chi connectivity index (χ1n) is 5.01. The second kappa shape index (κ2) is 3.81. The van der Waals surface area contributed by atoms with Crippen molar-refractivity contribution in [3.05, 3.63) is 45.7 Å². The molecule has 0 atom stereocenters. The Morgan fingerprint density at radius 3 is 2.69 bits per heavy atom. The van der Waals surface area contributed by atoms with Gasteiger partial charge in [0.2, 0.25) is 0 Å². The van der Waals surface area contributed by atoms with Crippen molar-refractivity contribution in [2.75, 3.05) is 5.73 Å². The van der Waals surface area contributed by atoms with E-state index < -0.39 is 0 Å². The van der Waals surface area contributed by atoms with Crippen LogP contribution in [0.15, 0.2) is 29.1 Å². The lowest BCUT2D eigenvalue weighted by atomic mass is 10.1. The van der Waals surface area contributed by atoms with Gasteiger partial charge < -0.3 is 10.7 Å². The summed E-state index contributed by atoms with van der Waals surface area (Å²) in [5.41, 5.74) is 7.91. The first-order valence-corrected chi connectivity index (χ1v) is 5.01. The van der Waals surface area contributed by atoms with Crippen LogP contribution >= 0.6 is 0 Å². The van der Waals surface area contributed by atoms with Gasteiger partial charge in [-0.2, -0.15) is 0 Å². The molecular weight excluding hydrogens is 202 g/mol. The number of aryl methyl sites for hydroxylation is 1. The Labute approximate surface area is 93.2 Å². The Morgan fingerprint density at radius 2 is 2.06 bits per heavy atom. The smallest absolute Gasteiger partial charge is 0.256 e. The van der Waals surface area contributed by atoms with Gasteiger partial charge in [0.05, 0.1) is 5.56 Å². The molecule has 1 heterocycles. The van der Waals surface area contributed by atoms with Crippen LogP contribution in [0.1, 0.15) is 11.1 Å². The quantitative estimate of drug-likeness (QED) is 0.759. The number of nitrogens with zero attached hydrogens (tertiary/aromatic N) is 1. The number of nitrogens with one attached hydrogen (secondary N) is 1. The van der Waals surface area contributed by atoms with Gasteiger partial charge in [-0.3, -0.25) is 4.79 Å². The third kappa shape index (κ3) is 1.82. The predicted octanol–water partition coefficient (Wildman–Crippen LogP) is 1.64. The maximum Gasteiger partial charge on any atom is 0.256 e. The number of aromatic amines is 1. The van der Waals surface area contributed by atoms with Crippen molar-refractivity contribution in [1.82, 2.24) is 9.97 Å². The second-order valence-electron chi connectivity index (χ2n) is 3.79. The fourth-order valence-electron chi connectivity index (χ4n) is 1.48. The largest absolute Gasteiger partial charge is 0.383 e. The predicted molar refractivity (Wildman–Crippen MR) is 64.2 cm³/mol. The molecule has 0 unspecified atom stereocenters. The number of anilines is 1. The Morgan fingerprint density at radius 1 is 1.31 bits per heavy atom. The summed E-state index contributed by atoms with van der Waals surface area (Å²) in [5.74, 6) is 0.789. The van der Waals surface area contributed by atoms with Gasteiger partial charge in [0.25, 0.3) is 5.56 Å². The summed E-state index contributed by atoms with van der Waals surface area (Å²) in [6.45, 7) is 3.64. The van der Waals surface area contributed by atoms with Gasteiger partial charge in [-0.15, -0.1) is 0 Å². The van der Waals surface area contributed by atoms with E-state index in [1.165, 1.54) is 0 Å². The van der Waals surface area contributed by atoms with Gasteiger partial charge in [-0.25, -0.2) is 4.98 Å². The molecule has 0 aliphatic rings. The molecule has 4 nitrogen and oxygen atoms in total. The van der Waals surface area contributed by atoms with Gasteiger partial charge in [0.1, 0.15) is 11.6 Å². The van der Waals surface area contributed by atoms with Crippen LogP contribution in [-0.4, -0.2) is 9.97 Å². The molecule has 82 valence electrons. The van der Waals surface area contributed by atoms with E-state index in [0.29, 0.717) is 11.4 Å². The van der Waals surface area contributed by atoms with Gasteiger partial charge in [-0.1, -0.05) is 23.8 Å². The minimum atomic E-state index is -0.191. The summed E-state index contributed by atoms with van der Waals surface area (Å²) in [4.78, 5) is 18.4. The molecule has 0 fully saturated rings. The summed E-state index contributed by atoms with van der Waals surface area (Å²) in [6, 6.07) is 7.74. The molecule has 16 heavy (non-hydrogen) atoms. The number of nitrogens with two attached hydrogens (primary N) is 1. The van der Waals surface area contributed by atoms with Gasteiger partial charge in [0.15, 0.2) is 0 Å². The first kappa shape index (κ1) is 10.4. The lowest BCUT2D eigenvalue weighted by Crippen LogP contribution is -2.15. The van der Waals surface area contributed by atoms with Crippen LogP contribution in [0.4, 0.5) is 5.82 Å². The highest BCUT2D eigenvalue weighted by molar-refractivity contribution is 5.58. The summed E-state index contributed by atoms with van der Waals surface area (Å²) in [6.07, 6.45) is 0. The molecule has 0 radical (unpaired) electrons. The number of aromatic nitrogens is 2. The minimum Gasteiger partial charge on any atom is -0.383 e. The molecule has 0 aliphatic heterocycles. The van der Waals surface area contributed by atoms with E-state index in [4.69, 9.17) is 5.73 Å². The van der Waals surface area contributed by atoms with E-state index in [-0.39, 0.29) is 11.4 Å². The van der Waals surface area contributed by atoms with Gasteiger partial charge in [-0.05, 0) is 19.9 Å². The Bertz CT molecular complexity index is 587. The summed E-state index contributed by atoms with van der Waals surface area (Å²) in [7, 11) is 0. The highest BCUT2D eigenvalue weighted by atomic mass is 16.1. The number of H-pyrrole nitrogens is 1. The van der Waals surface area contributed by atoms with Crippen molar-refractivity contribution < 1.29 is 0 Å². The van der Waals surface area contributed by atoms with Crippen LogP contribution in [-0.2, 0) is 0 Å². The van der Waals surface area contributed by atoms with E-state index in [1.54, 1.807) is 6.92 Å². The first-order chi connectivity index (χ1) is 7.58. The molecule has 0 saturated carbocycles. The number of rotatable bonds is 1. The number of benzene rings is 1. The van der Waals surface area contributed by atoms with Crippen molar-refractivity contribution in [2.24, 2.45) is 0 Å². The third-order valence-electron chi connectivity index (χ3n) is 2.48. The van der Waals surface area contributed by atoms with E-state index in [0.717, 1.165) is 11.1 Å². The van der Waals surface area contributed by atoms with Crippen molar-refractivity contribution >= 4 is 5.82 Å². The Hall–Kier alpha value is -2.10. The number of hydrogen-bond acceptors (Lipinski definition) is 3. The van der Waals surface area contributed by atoms with E-state index >= 15 is 0 Å². The molecule has 0 bridgehead atoms. The average molecular weight is 215 g/mol. The van der Waals surface area contributed by atoms with Crippen molar-refractivity contribution in [3.63, 3.8) is 0 Å². The molecule has 0 amide bonds. The van der Waals surface area contributed by atoms with E-state index in [9.17, 15) is 4.79 Å². The van der Waals surface area contributed by atoms with Crippen molar-refractivity contribution in [1.29, 1.82) is 0 Å². The second-order valence-corrected chi connectivity index (χ2v) is 3.79. The average Bonchev–Trinajstić information content (AvgIpc) is 2.25. The standard InChI is InChI=1S/C12H13N3O/c1-7-4-3-5-9(6-7)11-14-10(13)8(2)12(16)15-11/h3-6H,1-2H3,(H3,13,14,15,16). The fourth-order valence-corrected chi connectivity index (χ4v) is 1.48. The van der Waals surface area contributed by atoms with Crippen LogP contribution in [0.3, 0.4) is 0 Å².